The molecule has 104 valence electrons. The van der Waals surface area contributed by atoms with E-state index in [2.05, 4.69) is 17.6 Å². The van der Waals surface area contributed by atoms with Gasteiger partial charge in [0.1, 0.15) is 0 Å². The van der Waals surface area contributed by atoms with Crippen molar-refractivity contribution in [1.29, 1.82) is 0 Å². The van der Waals surface area contributed by atoms with Gasteiger partial charge in [-0.3, -0.25) is 4.79 Å². The largest absolute Gasteiger partial charge is 0.394 e. The molecule has 4 nitrogen and oxygen atoms in total. The topological polar surface area (TPSA) is 61.4 Å². The molecule has 2 aliphatic rings. The molecule has 2 rings (SSSR count). The third kappa shape index (κ3) is 3.95. The smallest absolute Gasteiger partial charge is 0.233 e. The number of carbonyl (C=O) groups is 1. The summed E-state index contributed by atoms with van der Waals surface area (Å²) in [6, 6.07) is 0. The van der Waals surface area contributed by atoms with Crippen LogP contribution in [-0.2, 0) is 4.79 Å². The molecule has 0 aromatic carbocycles. The van der Waals surface area contributed by atoms with Gasteiger partial charge >= 0.3 is 0 Å². The molecule has 3 N–H and O–H groups in total. The van der Waals surface area contributed by atoms with Crippen LogP contribution in [0.15, 0.2) is 0 Å². The van der Waals surface area contributed by atoms with Crippen molar-refractivity contribution in [2.75, 3.05) is 19.7 Å². The number of hydrogen-bond donors (Lipinski definition) is 3. The van der Waals surface area contributed by atoms with Gasteiger partial charge in [0.15, 0.2) is 0 Å². The molecule has 0 aliphatic heterocycles. The first kappa shape index (κ1) is 13.8. The third-order valence-corrected chi connectivity index (χ3v) is 4.30. The molecule has 18 heavy (non-hydrogen) atoms. The molecule has 0 aromatic rings. The fourth-order valence-electron chi connectivity index (χ4n) is 2.93. The average molecular weight is 254 g/mol. The van der Waals surface area contributed by atoms with E-state index in [-0.39, 0.29) is 18.1 Å². The predicted molar refractivity (Wildman–Crippen MR) is 71.2 cm³/mol. The van der Waals surface area contributed by atoms with Gasteiger partial charge in [0.2, 0.25) is 5.91 Å². The van der Waals surface area contributed by atoms with Crippen LogP contribution >= 0.6 is 0 Å². The van der Waals surface area contributed by atoms with Crippen LogP contribution < -0.4 is 10.6 Å². The van der Waals surface area contributed by atoms with E-state index in [1.54, 1.807) is 0 Å². The lowest BCUT2D eigenvalue weighted by atomic mass is 9.77. The molecular formula is C14H26N2O2. The second-order valence-corrected chi connectivity index (χ2v) is 6.24. The van der Waals surface area contributed by atoms with Crippen molar-refractivity contribution in [3.05, 3.63) is 0 Å². The molecule has 0 heterocycles. The number of hydrogen-bond acceptors (Lipinski definition) is 3. The molecule has 2 atom stereocenters. The maximum Gasteiger partial charge on any atom is 0.233 e. The molecule has 0 aromatic heterocycles. The second kappa shape index (κ2) is 6.02. The van der Waals surface area contributed by atoms with Crippen LogP contribution in [0.4, 0.5) is 0 Å². The molecule has 0 radical (unpaired) electrons. The summed E-state index contributed by atoms with van der Waals surface area (Å²) in [6.07, 6.45) is 6.83. The maximum atomic E-state index is 11.7. The fourth-order valence-corrected chi connectivity index (χ4v) is 2.93. The zero-order chi connectivity index (χ0) is 13.0. The summed E-state index contributed by atoms with van der Waals surface area (Å²) in [4.78, 5) is 11.7. The summed E-state index contributed by atoms with van der Waals surface area (Å²) in [5, 5.41) is 15.9. The van der Waals surface area contributed by atoms with Crippen LogP contribution in [0.25, 0.3) is 0 Å². The Morgan fingerprint density at radius 1 is 1.39 bits per heavy atom. The van der Waals surface area contributed by atoms with Crippen molar-refractivity contribution in [1.82, 2.24) is 10.6 Å². The Bertz CT molecular complexity index is 292. The highest BCUT2D eigenvalue weighted by atomic mass is 16.3. The summed E-state index contributed by atoms with van der Waals surface area (Å²) in [6.45, 7) is 3.51. The Hall–Kier alpha value is -0.610. The van der Waals surface area contributed by atoms with E-state index in [1.165, 1.54) is 19.3 Å². The Morgan fingerprint density at radius 2 is 2.17 bits per heavy atom. The van der Waals surface area contributed by atoms with Gasteiger partial charge in [-0.2, -0.15) is 0 Å². The first-order valence-electron chi connectivity index (χ1n) is 7.26. The number of carbonyl (C=O) groups excluding carboxylic acids is 1. The van der Waals surface area contributed by atoms with Crippen LogP contribution in [-0.4, -0.2) is 36.2 Å². The second-order valence-electron chi connectivity index (χ2n) is 6.24. The number of nitrogens with one attached hydrogen (secondary N) is 2. The van der Waals surface area contributed by atoms with Gasteiger partial charge in [0.25, 0.3) is 0 Å². The minimum Gasteiger partial charge on any atom is -0.394 e. The highest BCUT2D eigenvalue weighted by molar-refractivity contribution is 5.78. The van der Waals surface area contributed by atoms with Crippen molar-refractivity contribution in [2.24, 2.45) is 11.8 Å². The predicted octanol–water partition coefficient (Wildman–Crippen LogP) is 1.04. The zero-order valence-corrected chi connectivity index (χ0v) is 11.4. The van der Waals surface area contributed by atoms with Crippen LogP contribution in [0, 0.1) is 11.8 Å². The molecule has 2 aliphatic carbocycles. The van der Waals surface area contributed by atoms with Gasteiger partial charge < -0.3 is 15.7 Å². The Morgan fingerprint density at radius 3 is 2.78 bits per heavy atom. The van der Waals surface area contributed by atoms with Crippen molar-refractivity contribution >= 4 is 5.91 Å². The molecule has 1 amide bonds. The van der Waals surface area contributed by atoms with Crippen molar-refractivity contribution in [3.8, 4) is 0 Å². The lowest BCUT2D eigenvalue weighted by Crippen LogP contribution is -2.54. The molecule has 2 fully saturated rings. The van der Waals surface area contributed by atoms with Gasteiger partial charge in [0.05, 0.1) is 13.2 Å². The summed E-state index contributed by atoms with van der Waals surface area (Å²) >= 11 is 0. The summed E-state index contributed by atoms with van der Waals surface area (Å²) in [5.74, 6) is 1.41. The van der Waals surface area contributed by atoms with Gasteiger partial charge in [-0.25, -0.2) is 0 Å². The minimum atomic E-state index is -0.228. The summed E-state index contributed by atoms with van der Waals surface area (Å²) < 4.78 is 0. The average Bonchev–Trinajstić information content (AvgIpc) is 3.18. The zero-order valence-electron chi connectivity index (χ0n) is 11.4. The van der Waals surface area contributed by atoms with Gasteiger partial charge in [-0.15, -0.1) is 0 Å². The SMILES string of the molecule is CC1CCCC(CO)(NCC(=O)NCC2CC2)C1. The Kier molecular flexibility index (Phi) is 4.62. The van der Waals surface area contributed by atoms with E-state index in [4.69, 9.17) is 0 Å². The number of aliphatic hydroxyl groups is 1. The van der Waals surface area contributed by atoms with E-state index in [9.17, 15) is 9.90 Å². The first-order valence-corrected chi connectivity index (χ1v) is 7.26. The van der Waals surface area contributed by atoms with Crippen LogP contribution in [0.1, 0.15) is 45.4 Å². The van der Waals surface area contributed by atoms with Gasteiger partial charge in [-0.05, 0) is 37.5 Å². The third-order valence-electron chi connectivity index (χ3n) is 4.30. The molecule has 0 bridgehead atoms. The number of rotatable bonds is 6. The van der Waals surface area contributed by atoms with E-state index in [1.807, 2.05) is 0 Å². The van der Waals surface area contributed by atoms with Crippen molar-refractivity contribution in [2.45, 2.75) is 51.0 Å². The number of aliphatic hydroxyl groups excluding tert-OH is 1. The molecular weight excluding hydrogens is 228 g/mol. The highest BCUT2D eigenvalue weighted by Gasteiger charge is 2.34. The van der Waals surface area contributed by atoms with E-state index in [0.29, 0.717) is 12.5 Å². The van der Waals surface area contributed by atoms with E-state index >= 15 is 0 Å². The molecule has 0 saturated heterocycles. The lowest BCUT2D eigenvalue weighted by Gasteiger charge is -2.39. The summed E-state index contributed by atoms with van der Waals surface area (Å²) in [7, 11) is 0. The molecule has 2 saturated carbocycles. The fraction of sp³-hybridized carbons (Fsp3) is 0.929. The maximum absolute atomic E-state index is 11.7. The van der Waals surface area contributed by atoms with E-state index < -0.39 is 0 Å². The molecule has 4 heteroatoms. The van der Waals surface area contributed by atoms with Gasteiger partial charge in [0, 0.05) is 12.1 Å². The number of amides is 1. The molecule has 0 spiro atoms. The van der Waals surface area contributed by atoms with Crippen LogP contribution in [0.3, 0.4) is 0 Å². The van der Waals surface area contributed by atoms with Crippen LogP contribution in [0.5, 0.6) is 0 Å². The highest BCUT2D eigenvalue weighted by Crippen LogP contribution is 2.31. The van der Waals surface area contributed by atoms with Gasteiger partial charge in [-0.1, -0.05) is 19.8 Å². The minimum absolute atomic E-state index is 0.0629. The Labute approximate surface area is 110 Å². The van der Waals surface area contributed by atoms with Crippen molar-refractivity contribution < 1.29 is 9.90 Å². The lowest BCUT2D eigenvalue weighted by molar-refractivity contribution is -0.120. The van der Waals surface area contributed by atoms with E-state index in [0.717, 1.165) is 31.7 Å². The monoisotopic (exact) mass is 254 g/mol. The normalized spacial score (nSPS) is 32.2. The van der Waals surface area contributed by atoms with Crippen LogP contribution in [0.2, 0.25) is 0 Å². The standard InChI is InChI=1S/C14H26N2O2/c1-11-3-2-6-14(7-11,10-17)16-9-13(18)15-8-12-4-5-12/h11-12,16-17H,2-10H2,1H3,(H,15,18). The van der Waals surface area contributed by atoms with Crippen molar-refractivity contribution in [3.63, 3.8) is 0 Å². The first-order chi connectivity index (χ1) is 8.63. The molecule has 2 unspecified atom stereocenters. The summed E-state index contributed by atoms with van der Waals surface area (Å²) in [5.41, 5.74) is -0.228. The quantitative estimate of drug-likeness (QED) is 0.664. The Balaban J connectivity index is 1.72.